The number of hydrogen-bond donors (Lipinski definition) is 1. The highest BCUT2D eigenvalue weighted by atomic mass is 19.4. The highest BCUT2D eigenvalue weighted by molar-refractivity contribution is 5.93. The zero-order valence-corrected chi connectivity index (χ0v) is 20.1. The number of aromatic nitrogens is 5. The molecule has 0 unspecified atom stereocenters. The molecule has 4 rings (SSSR count). The van der Waals surface area contributed by atoms with E-state index in [0.29, 0.717) is 11.4 Å². The van der Waals surface area contributed by atoms with Gasteiger partial charge in [-0.25, -0.2) is 24.3 Å². The fourth-order valence-electron chi connectivity index (χ4n) is 3.39. The van der Waals surface area contributed by atoms with Gasteiger partial charge in [0.05, 0.1) is 27.9 Å². The van der Waals surface area contributed by atoms with Gasteiger partial charge in [-0.15, -0.1) is 0 Å². The standard InChI is InChI=1S/C24H18F3N7O4/c1-28-14-8-15(10-16(9-14)36-2)31-23-30-12-18(13-7-17(22(35)38-4)21(37-3)29-11-13)20(32-23)34-6-5-19(33-34)24(25,26)27/h5-12H,2-4H3,(H,30,31,32). The van der Waals surface area contributed by atoms with E-state index in [1.54, 1.807) is 6.07 Å². The Morgan fingerprint density at radius 1 is 1.08 bits per heavy atom. The first kappa shape index (κ1) is 25.9. The average molecular weight is 525 g/mol. The molecular formula is C24H18F3N7O4. The maximum atomic E-state index is 13.3. The van der Waals surface area contributed by atoms with Crippen LogP contribution in [0.15, 0.2) is 48.9 Å². The Labute approximate surface area is 213 Å². The SMILES string of the molecule is [C-]#[N+]c1cc(Nc2ncc(-c3cnc(OC)c(C(=O)OC)c3)c(-n3ccc(C(F)(F)F)n3)n2)cc(OC)c1. The molecular weight excluding hydrogens is 507 g/mol. The minimum atomic E-state index is -4.68. The molecule has 4 aromatic rings. The van der Waals surface area contributed by atoms with Crippen LogP contribution in [-0.4, -0.2) is 52.0 Å². The second-order valence-electron chi connectivity index (χ2n) is 7.50. The minimum absolute atomic E-state index is 0.00608. The number of benzene rings is 1. The van der Waals surface area contributed by atoms with Gasteiger partial charge in [-0.2, -0.15) is 23.3 Å². The summed E-state index contributed by atoms with van der Waals surface area (Å²) >= 11 is 0. The summed E-state index contributed by atoms with van der Waals surface area (Å²) in [5, 5.41) is 6.54. The lowest BCUT2D eigenvalue weighted by atomic mass is 10.1. The summed E-state index contributed by atoms with van der Waals surface area (Å²) in [5.74, 6) is -0.391. The fraction of sp³-hybridized carbons (Fsp3) is 0.167. The fourth-order valence-corrected chi connectivity index (χ4v) is 3.39. The van der Waals surface area contributed by atoms with Crippen molar-refractivity contribution in [2.24, 2.45) is 0 Å². The van der Waals surface area contributed by atoms with Crippen molar-refractivity contribution in [1.29, 1.82) is 0 Å². The summed E-state index contributed by atoms with van der Waals surface area (Å²) in [5.41, 5.74) is 0.0396. The molecule has 0 aliphatic heterocycles. The van der Waals surface area contributed by atoms with Crippen molar-refractivity contribution < 1.29 is 32.2 Å². The number of carbonyl (C=O) groups is 1. The number of ether oxygens (including phenoxy) is 3. The normalized spacial score (nSPS) is 11.0. The molecule has 3 heterocycles. The maximum absolute atomic E-state index is 13.3. The number of anilines is 2. The third-order valence-electron chi connectivity index (χ3n) is 5.14. The van der Waals surface area contributed by atoms with Crippen LogP contribution in [0.25, 0.3) is 21.8 Å². The average Bonchev–Trinajstić information content (AvgIpc) is 3.43. The van der Waals surface area contributed by atoms with Gasteiger partial charge in [0.25, 0.3) is 0 Å². The van der Waals surface area contributed by atoms with Gasteiger partial charge in [-0.3, -0.25) is 0 Å². The molecule has 1 aromatic carbocycles. The third kappa shape index (κ3) is 5.31. The summed E-state index contributed by atoms with van der Waals surface area (Å²) in [6, 6.07) is 6.85. The topological polar surface area (TPSA) is 118 Å². The predicted octanol–water partition coefficient (Wildman–Crippen LogP) is 4.84. The van der Waals surface area contributed by atoms with Crippen LogP contribution in [0.3, 0.4) is 0 Å². The van der Waals surface area contributed by atoms with Crippen molar-refractivity contribution in [3.8, 4) is 28.6 Å². The smallest absolute Gasteiger partial charge is 0.435 e. The number of pyridine rings is 1. The van der Waals surface area contributed by atoms with Crippen molar-refractivity contribution >= 4 is 23.3 Å². The summed E-state index contributed by atoms with van der Waals surface area (Å²) in [6.07, 6.45) is -0.909. The van der Waals surface area contributed by atoms with Crippen molar-refractivity contribution in [1.82, 2.24) is 24.7 Å². The van der Waals surface area contributed by atoms with Crippen LogP contribution in [0.2, 0.25) is 0 Å². The molecule has 0 amide bonds. The van der Waals surface area contributed by atoms with E-state index >= 15 is 0 Å². The molecule has 38 heavy (non-hydrogen) atoms. The molecule has 1 N–H and O–H groups in total. The first-order valence-electron chi connectivity index (χ1n) is 10.6. The number of halogens is 3. The first-order chi connectivity index (χ1) is 18.2. The quantitative estimate of drug-likeness (QED) is 0.267. The number of nitrogens with zero attached hydrogens (tertiary/aromatic N) is 6. The minimum Gasteiger partial charge on any atom is -0.498 e. The molecule has 0 aliphatic carbocycles. The van der Waals surface area contributed by atoms with Crippen molar-refractivity contribution in [2.45, 2.75) is 6.18 Å². The van der Waals surface area contributed by atoms with Gasteiger partial charge in [0, 0.05) is 41.5 Å². The van der Waals surface area contributed by atoms with Crippen LogP contribution in [0, 0.1) is 6.57 Å². The molecule has 14 heteroatoms. The molecule has 0 fully saturated rings. The van der Waals surface area contributed by atoms with Crippen molar-refractivity contribution in [2.75, 3.05) is 26.6 Å². The van der Waals surface area contributed by atoms with E-state index in [2.05, 4.69) is 30.2 Å². The van der Waals surface area contributed by atoms with Gasteiger partial charge in [0.15, 0.2) is 17.2 Å². The molecule has 0 spiro atoms. The molecule has 194 valence electrons. The lowest BCUT2D eigenvalue weighted by Gasteiger charge is -2.14. The van der Waals surface area contributed by atoms with Gasteiger partial charge in [-0.1, -0.05) is 0 Å². The summed E-state index contributed by atoms with van der Waals surface area (Å²) in [7, 11) is 3.95. The molecule has 0 saturated heterocycles. The molecule has 0 radical (unpaired) electrons. The zero-order chi connectivity index (χ0) is 27.4. The number of nitrogens with one attached hydrogen (secondary N) is 1. The van der Waals surface area contributed by atoms with Gasteiger partial charge < -0.3 is 19.5 Å². The van der Waals surface area contributed by atoms with E-state index in [1.807, 2.05) is 0 Å². The second kappa shape index (κ2) is 10.4. The van der Waals surface area contributed by atoms with Gasteiger partial charge in [0.2, 0.25) is 11.8 Å². The number of hydrogen-bond acceptors (Lipinski definition) is 9. The molecule has 11 nitrogen and oxygen atoms in total. The lowest BCUT2D eigenvalue weighted by molar-refractivity contribution is -0.141. The van der Waals surface area contributed by atoms with E-state index in [0.717, 1.165) is 16.9 Å². The highest BCUT2D eigenvalue weighted by Crippen LogP contribution is 2.33. The van der Waals surface area contributed by atoms with E-state index in [9.17, 15) is 18.0 Å². The van der Waals surface area contributed by atoms with Gasteiger partial charge in [-0.05, 0) is 24.3 Å². The lowest BCUT2D eigenvalue weighted by Crippen LogP contribution is -2.10. The van der Waals surface area contributed by atoms with E-state index in [1.165, 1.54) is 51.9 Å². The van der Waals surface area contributed by atoms with Crippen LogP contribution >= 0.6 is 0 Å². The number of esters is 1. The maximum Gasteiger partial charge on any atom is 0.435 e. The Hall–Kier alpha value is -5.19. The van der Waals surface area contributed by atoms with Crippen molar-refractivity contribution in [3.63, 3.8) is 0 Å². The Kier molecular flexibility index (Phi) is 7.10. The molecule has 0 aliphatic rings. The molecule has 0 bridgehead atoms. The highest BCUT2D eigenvalue weighted by Gasteiger charge is 2.34. The number of methoxy groups -OCH3 is 3. The number of carbonyl (C=O) groups excluding carboxylic acids is 1. The number of alkyl halides is 3. The van der Waals surface area contributed by atoms with Crippen LogP contribution < -0.4 is 14.8 Å². The van der Waals surface area contributed by atoms with Crippen LogP contribution in [0.5, 0.6) is 11.6 Å². The summed E-state index contributed by atoms with van der Waals surface area (Å²) < 4.78 is 55.9. The Morgan fingerprint density at radius 3 is 2.50 bits per heavy atom. The third-order valence-corrected chi connectivity index (χ3v) is 5.14. The molecule has 0 saturated carbocycles. The van der Waals surface area contributed by atoms with Crippen LogP contribution in [-0.2, 0) is 10.9 Å². The summed E-state index contributed by atoms with van der Waals surface area (Å²) in [4.78, 5) is 28.4. The van der Waals surface area contributed by atoms with E-state index in [4.69, 9.17) is 20.8 Å². The van der Waals surface area contributed by atoms with Crippen LogP contribution in [0.4, 0.5) is 30.5 Å². The predicted molar refractivity (Wildman–Crippen MR) is 128 cm³/mol. The molecule has 0 atom stereocenters. The zero-order valence-electron chi connectivity index (χ0n) is 20.1. The Bertz CT molecular complexity index is 1550. The largest absolute Gasteiger partial charge is 0.498 e. The Balaban J connectivity index is 1.86. The first-order valence-corrected chi connectivity index (χ1v) is 10.6. The van der Waals surface area contributed by atoms with E-state index in [-0.39, 0.29) is 40.0 Å². The monoisotopic (exact) mass is 525 g/mol. The number of rotatable bonds is 7. The molecule has 3 aromatic heterocycles. The van der Waals surface area contributed by atoms with Crippen molar-refractivity contribution in [3.05, 3.63) is 71.6 Å². The second-order valence-corrected chi connectivity index (χ2v) is 7.50. The van der Waals surface area contributed by atoms with Crippen LogP contribution in [0.1, 0.15) is 16.1 Å². The Morgan fingerprint density at radius 2 is 1.87 bits per heavy atom. The van der Waals surface area contributed by atoms with Gasteiger partial charge in [0.1, 0.15) is 11.3 Å². The summed E-state index contributed by atoms with van der Waals surface area (Å²) in [6.45, 7) is 7.26. The van der Waals surface area contributed by atoms with Gasteiger partial charge >= 0.3 is 12.1 Å². The van der Waals surface area contributed by atoms with E-state index < -0.39 is 17.8 Å².